The predicted octanol–water partition coefficient (Wildman–Crippen LogP) is 7.36. The fraction of sp³-hybridized carbons (Fsp3) is 0.694. The number of hydrogen-bond acceptors (Lipinski definition) is 3. The van der Waals surface area contributed by atoms with Crippen LogP contribution < -0.4 is 9.13 Å². The van der Waals surface area contributed by atoms with E-state index < -0.39 is 0 Å². The summed E-state index contributed by atoms with van der Waals surface area (Å²) in [4.78, 5) is 13.2. The number of nitrogens with zero attached hydrogens (tertiary/aromatic N) is 2. The second kappa shape index (κ2) is 18.3. The van der Waals surface area contributed by atoms with Gasteiger partial charge in [-0.1, -0.05) is 44.9 Å². The smallest absolute Gasteiger partial charge is 0.309 e. The molecule has 5 nitrogen and oxygen atoms in total. The van der Waals surface area contributed by atoms with Crippen molar-refractivity contribution in [3.63, 3.8) is 0 Å². The van der Waals surface area contributed by atoms with Gasteiger partial charge in [0.25, 0.3) is 0 Å². The van der Waals surface area contributed by atoms with Crippen molar-refractivity contribution in [3.05, 3.63) is 49.1 Å². The van der Waals surface area contributed by atoms with Crippen molar-refractivity contribution in [2.24, 2.45) is 17.8 Å². The van der Waals surface area contributed by atoms with Crippen molar-refractivity contribution in [2.45, 2.75) is 129 Å². The van der Waals surface area contributed by atoms with Crippen LogP contribution in [-0.4, -0.2) is 24.3 Å². The molecule has 0 bridgehead atoms. The first-order valence-electron chi connectivity index (χ1n) is 17.0. The van der Waals surface area contributed by atoms with Crippen molar-refractivity contribution < 1.29 is 23.8 Å². The maximum atomic E-state index is 13.2. The van der Waals surface area contributed by atoms with Gasteiger partial charge in [-0.2, -0.15) is 0 Å². The number of aliphatic hydroxyl groups is 1. The monoisotopic (exact) mass is 564 g/mol. The minimum atomic E-state index is 0.127. The molecule has 0 aromatic carbocycles. The number of aromatic nitrogens is 2. The van der Waals surface area contributed by atoms with Crippen LogP contribution in [0.15, 0.2) is 49.1 Å². The van der Waals surface area contributed by atoms with Crippen LogP contribution in [0.2, 0.25) is 0 Å². The summed E-state index contributed by atoms with van der Waals surface area (Å²) in [6.45, 7) is 2.96. The molecule has 0 radical (unpaired) electrons. The predicted molar refractivity (Wildman–Crippen MR) is 164 cm³/mol. The molecule has 2 aliphatic rings. The van der Waals surface area contributed by atoms with E-state index >= 15 is 0 Å². The molecule has 0 aliphatic heterocycles. The number of ether oxygens (including phenoxy) is 1. The first-order valence-corrected chi connectivity index (χ1v) is 17.0. The number of rotatable bonds is 17. The zero-order valence-corrected chi connectivity index (χ0v) is 25.6. The fourth-order valence-electron chi connectivity index (χ4n) is 7.13. The van der Waals surface area contributed by atoms with E-state index in [0.717, 1.165) is 51.6 Å². The van der Waals surface area contributed by atoms with E-state index in [9.17, 15) is 4.79 Å². The SMILES string of the molecule is O=C(OCCCCCC[n+]1ccc(-c2cc[n+](CCCCCCO)cc2)cc1)C(C1CCCCC1)C1CCCCC1. The minimum absolute atomic E-state index is 0.127. The molecule has 2 aromatic heterocycles. The number of unbranched alkanes of at least 4 members (excludes halogenated alkanes) is 6. The van der Waals surface area contributed by atoms with E-state index in [-0.39, 0.29) is 11.9 Å². The fourth-order valence-corrected chi connectivity index (χ4v) is 7.13. The van der Waals surface area contributed by atoms with Crippen LogP contribution in [0, 0.1) is 17.8 Å². The Morgan fingerprint density at radius 2 is 1.10 bits per heavy atom. The third kappa shape index (κ3) is 10.8. The van der Waals surface area contributed by atoms with E-state index in [0.29, 0.717) is 25.0 Å². The van der Waals surface area contributed by atoms with Gasteiger partial charge >= 0.3 is 5.97 Å². The average Bonchev–Trinajstić information content (AvgIpc) is 3.02. The maximum Gasteiger partial charge on any atom is 0.309 e. The number of carbonyl (C=O) groups excluding carboxylic acids is 1. The molecule has 1 N–H and O–H groups in total. The Morgan fingerprint density at radius 3 is 1.56 bits per heavy atom. The van der Waals surface area contributed by atoms with Gasteiger partial charge in [-0.3, -0.25) is 4.79 Å². The number of aliphatic hydroxyl groups excluding tert-OH is 1. The van der Waals surface area contributed by atoms with Crippen LogP contribution in [0.5, 0.6) is 0 Å². The van der Waals surface area contributed by atoms with Gasteiger partial charge in [0.2, 0.25) is 0 Å². The summed E-state index contributed by atoms with van der Waals surface area (Å²) in [5.41, 5.74) is 2.50. The molecule has 0 amide bonds. The summed E-state index contributed by atoms with van der Waals surface area (Å²) in [5, 5.41) is 8.89. The molecule has 226 valence electrons. The molecule has 2 aromatic rings. The van der Waals surface area contributed by atoms with Gasteiger partial charge in [0.05, 0.1) is 12.5 Å². The Morgan fingerprint density at radius 1 is 0.659 bits per heavy atom. The van der Waals surface area contributed by atoms with Crippen LogP contribution in [0.1, 0.15) is 116 Å². The third-order valence-corrected chi connectivity index (χ3v) is 9.58. The third-order valence-electron chi connectivity index (χ3n) is 9.58. The Labute approximate surface area is 249 Å². The minimum Gasteiger partial charge on any atom is -0.465 e. The summed E-state index contributed by atoms with van der Waals surface area (Å²) in [5.74, 6) is 1.43. The van der Waals surface area contributed by atoms with Crippen LogP contribution in [0.3, 0.4) is 0 Å². The summed E-state index contributed by atoms with van der Waals surface area (Å²) in [6.07, 6.45) is 30.3. The van der Waals surface area contributed by atoms with Gasteiger partial charge in [-0.15, -0.1) is 0 Å². The molecule has 41 heavy (non-hydrogen) atoms. The summed E-state index contributed by atoms with van der Waals surface area (Å²) in [7, 11) is 0. The molecule has 0 atom stereocenters. The molecule has 2 heterocycles. The first kappa shape index (κ1) is 31.7. The molecule has 2 fully saturated rings. The van der Waals surface area contributed by atoms with Gasteiger partial charge in [0, 0.05) is 43.7 Å². The van der Waals surface area contributed by atoms with Gasteiger partial charge in [-0.25, -0.2) is 9.13 Å². The molecular formula is C36H56N2O3+2. The molecule has 0 saturated heterocycles. The lowest BCUT2D eigenvalue weighted by molar-refractivity contribution is -0.697. The number of esters is 1. The molecule has 0 spiro atoms. The highest BCUT2D eigenvalue weighted by atomic mass is 16.5. The average molecular weight is 565 g/mol. The number of pyridine rings is 2. The molecule has 2 saturated carbocycles. The van der Waals surface area contributed by atoms with Crippen LogP contribution >= 0.6 is 0 Å². The second-order valence-electron chi connectivity index (χ2n) is 12.7. The Bertz CT molecular complexity index is 961. The zero-order valence-electron chi connectivity index (χ0n) is 25.6. The number of carbonyl (C=O) groups is 1. The van der Waals surface area contributed by atoms with Crippen molar-refractivity contribution in [3.8, 4) is 11.1 Å². The standard InChI is InChI=1S/C36H56N2O3/c39-29-13-3-1-11-23-37-25-19-31(20-26-37)32-21-27-38(28-22-32)24-12-2-4-14-30-41-36(40)35(33-15-7-5-8-16-33)34-17-9-6-10-18-34/h19-22,25-28,33-35,39H,1-18,23-24,29-30H2/q+2. The normalized spacial score (nSPS) is 16.7. The molecule has 0 unspecified atom stereocenters. The van der Waals surface area contributed by atoms with Crippen molar-refractivity contribution >= 4 is 5.97 Å². The highest BCUT2D eigenvalue weighted by Gasteiger charge is 2.37. The molecule has 5 heteroatoms. The largest absolute Gasteiger partial charge is 0.465 e. The van der Waals surface area contributed by atoms with Gasteiger partial charge < -0.3 is 9.84 Å². The van der Waals surface area contributed by atoms with E-state index in [1.807, 2.05) is 0 Å². The number of aryl methyl sites for hydroxylation is 2. The Kier molecular flexibility index (Phi) is 14.1. The zero-order chi connectivity index (χ0) is 28.5. The summed E-state index contributed by atoms with van der Waals surface area (Å²) >= 11 is 0. The number of hydrogen-bond donors (Lipinski definition) is 1. The second-order valence-corrected chi connectivity index (χ2v) is 12.7. The van der Waals surface area contributed by atoms with Gasteiger partial charge in [-0.05, 0) is 80.8 Å². The van der Waals surface area contributed by atoms with Crippen molar-refractivity contribution in [2.75, 3.05) is 13.2 Å². The van der Waals surface area contributed by atoms with Gasteiger partial charge in [0.15, 0.2) is 24.8 Å². The van der Waals surface area contributed by atoms with Crippen LogP contribution in [0.4, 0.5) is 0 Å². The quantitative estimate of drug-likeness (QED) is 0.124. The van der Waals surface area contributed by atoms with Crippen molar-refractivity contribution in [1.29, 1.82) is 0 Å². The van der Waals surface area contributed by atoms with Crippen LogP contribution in [0.25, 0.3) is 11.1 Å². The summed E-state index contributed by atoms with van der Waals surface area (Å²) < 4.78 is 10.4. The highest BCUT2D eigenvalue weighted by molar-refractivity contribution is 5.73. The van der Waals surface area contributed by atoms with E-state index in [4.69, 9.17) is 9.84 Å². The Balaban J connectivity index is 1.10. The molecular weight excluding hydrogens is 508 g/mol. The van der Waals surface area contributed by atoms with Gasteiger partial charge in [0.1, 0.15) is 13.1 Å². The topological polar surface area (TPSA) is 54.3 Å². The van der Waals surface area contributed by atoms with Crippen LogP contribution in [-0.2, 0) is 22.6 Å². The Hall–Kier alpha value is -2.27. The maximum absolute atomic E-state index is 13.2. The first-order chi connectivity index (χ1) is 20.2. The van der Waals surface area contributed by atoms with Crippen molar-refractivity contribution in [1.82, 2.24) is 0 Å². The van der Waals surface area contributed by atoms with E-state index in [2.05, 4.69) is 58.2 Å². The lowest BCUT2D eigenvalue weighted by Crippen LogP contribution is -2.35. The molecule has 2 aliphatic carbocycles. The van der Waals surface area contributed by atoms with E-state index in [1.165, 1.54) is 88.2 Å². The van der Waals surface area contributed by atoms with E-state index in [1.54, 1.807) is 0 Å². The molecule has 4 rings (SSSR count). The lowest BCUT2D eigenvalue weighted by Gasteiger charge is -2.36. The highest BCUT2D eigenvalue weighted by Crippen LogP contribution is 2.40. The summed E-state index contributed by atoms with van der Waals surface area (Å²) in [6, 6.07) is 8.83. The lowest BCUT2D eigenvalue weighted by atomic mass is 9.69.